The average Bonchev–Trinajstić information content (AvgIpc) is 3.95. The fraction of sp³-hybridized carbons (Fsp3) is 0.510. The molecule has 4 aromatic rings. The summed E-state index contributed by atoms with van der Waals surface area (Å²) in [5, 5.41) is 28.8. The predicted octanol–water partition coefficient (Wildman–Crippen LogP) is 5.38. The Labute approximate surface area is 438 Å². The van der Waals surface area contributed by atoms with Crippen LogP contribution in [0, 0.1) is 34.3 Å². The number of imidazole rings is 1. The molecule has 4 amide bonds. The van der Waals surface area contributed by atoms with Crippen LogP contribution in [0.4, 0.5) is 46.3 Å². The molecule has 3 aliphatic heterocycles. The third-order valence-electron chi connectivity index (χ3n) is 13.9. The lowest BCUT2D eigenvalue weighted by atomic mass is 9.82. The molecule has 0 saturated carbocycles. The van der Waals surface area contributed by atoms with Gasteiger partial charge in [0.25, 0.3) is 5.91 Å². The highest BCUT2D eigenvalue weighted by molar-refractivity contribution is 5.87. The lowest BCUT2D eigenvalue weighted by Gasteiger charge is -2.47. The minimum atomic E-state index is -5.10. The van der Waals surface area contributed by atoms with Crippen LogP contribution < -0.4 is 26.3 Å². The van der Waals surface area contributed by atoms with Crippen LogP contribution in [0.2, 0.25) is 0 Å². The molecule has 7 rings (SSSR count). The maximum absolute atomic E-state index is 16.0. The molecule has 3 fully saturated rings. The number of methoxy groups -OCH3 is 1. The number of nitrogens with zero attached hydrogens (tertiary/aromatic N) is 7. The van der Waals surface area contributed by atoms with Gasteiger partial charge in [0, 0.05) is 73.5 Å². The number of aliphatic hydroxyl groups is 1. The maximum atomic E-state index is 16.0. The van der Waals surface area contributed by atoms with Crippen molar-refractivity contribution in [1.29, 1.82) is 0 Å². The molecule has 19 nitrogen and oxygen atoms in total. The van der Waals surface area contributed by atoms with Crippen molar-refractivity contribution in [1.82, 2.24) is 50.8 Å². The molecule has 2 aromatic carbocycles. The number of ether oxygens (including phenoxy) is 2. The first-order valence-corrected chi connectivity index (χ1v) is 24.5. The highest BCUT2D eigenvalue weighted by atomic mass is 19.4. The average molecular weight is 1090 g/mol. The second-order valence-electron chi connectivity index (χ2n) is 20.8. The van der Waals surface area contributed by atoms with Crippen LogP contribution in [0.1, 0.15) is 76.3 Å². The van der Waals surface area contributed by atoms with Crippen molar-refractivity contribution in [2.24, 2.45) is 10.8 Å². The van der Waals surface area contributed by atoms with Crippen LogP contribution in [0.25, 0.3) is 11.3 Å². The Hall–Kier alpha value is -7.08. The van der Waals surface area contributed by atoms with E-state index < -0.39 is 102 Å². The largest absolute Gasteiger partial charge is 0.465 e. The fourth-order valence-corrected chi connectivity index (χ4v) is 9.43. The summed E-state index contributed by atoms with van der Waals surface area (Å²) in [7, 11) is 0.868. The number of aliphatic hydroxyl groups excluding tert-OH is 1. The molecule has 5 heterocycles. The van der Waals surface area contributed by atoms with E-state index in [1.165, 1.54) is 20.8 Å². The number of anilines is 1. The van der Waals surface area contributed by atoms with E-state index in [1.807, 2.05) is 5.32 Å². The number of hydrazine groups is 1. The van der Waals surface area contributed by atoms with Crippen molar-refractivity contribution >= 4 is 29.9 Å². The molecule has 26 heteroatoms. The zero-order valence-corrected chi connectivity index (χ0v) is 42.9. The summed E-state index contributed by atoms with van der Waals surface area (Å²) in [5.41, 5.74) is -1.53. The molecule has 0 spiro atoms. The van der Waals surface area contributed by atoms with Gasteiger partial charge < -0.3 is 40.5 Å². The highest BCUT2D eigenvalue weighted by Crippen LogP contribution is 2.41. The number of carbonyl (C=O) groups is 4. The van der Waals surface area contributed by atoms with Crippen molar-refractivity contribution in [2.45, 2.75) is 116 Å². The number of halogens is 7. The molecule has 6 atom stereocenters. The molecule has 3 aliphatic rings. The topological polar surface area (TPSA) is 229 Å². The first-order chi connectivity index (χ1) is 36.2. The molecular weight excluding hydrogens is 1030 g/mol. The summed E-state index contributed by atoms with van der Waals surface area (Å²) in [4.78, 5) is 69.9. The highest BCUT2D eigenvalue weighted by Gasteiger charge is 2.56. The minimum Gasteiger partial charge on any atom is -0.465 e. The molecule has 0 aliphatic carbocycles. The van der Waals surface area contributed by atoms with Gasteiger partial charge in [-0.3, -0.25) is 24.5 Å². The summed E-state index contributed by atoms with van der Waals surface area (Å²) in [6, 6.07) is 3.64. The molecule has 2 aromatic heterocycles. The normalized spacial score (nSPS) is 18.6. The van der Waals surface area contributed by atoms with Crippen LogP contribution in [-0.2, 0) is 32.0 Å². The Balaban J connectivity index is 1.15. The van der Waals surface area contributed by atoms with Gasteiger partial charge in [-0.1, -0.05) is 44.7 Å². The van der Waals surface area contributed by atoms with E-state index in [1.54, 1.807) is 36.7 Å². The number of alkyl carbamates (subject to hydrolysis) is 1. The number of nitrogens with one attached hydrogen (secondary N) is 4. The SMILES string of the molecule is COC(=O)N[C@H](C(=O)N[C@@H](Cc1ccc(C#Cc2cnc(N3CC4CCC(C3)N4C3COC3)nc2)cc1)[C@@H](O)CN(Cc1c(F)cc(-c2cn(C(F)F)cn2)cc1F)NC(=O)[C@@H](NC(=O)O)C(C)(C)C)C(C)(C)C(F)(F)F. The van der Waals surface area contributed by atoms with Crippen LogP contribution in [0.5, 0.6) is 0 Å². The summed E-state index contributed by atoms with van der Waals surface area (Å²) in [6.07, 6.45) is -3.35. The van der Waals surface area contributed by atoms with E-state index in [-0.39, 0.29) is 17.7 Å². The van der Waals surface area contributed by atoms with Crippen molar-refractivity contribution in [3.8, 4) is 23.1 Å². The molecular formula is C51H60F7N11O8. The number of carbonyl (C=O) groups excluding carboxylic acids is 3. The van der Waals surface area contributed by atoms with E-state index in [0.29, 0.717) is 59.2 Å². The van der Waals surface area contributed by atoms with Gasteiger partial charge in [-0.05, 0) is 68.4 Å². The summed E-state index contributed by atoms with van der Waals surface area (Å²) in [6.45, 7) is 4.18. The van der Waals surface area contributed by atoms with Crippen molar-refractivity contribution in [3.63, 3.8) is 0 Å². The first kappa shape index (κ1) is 57.6. The number of aromatic nitrogens is 4. The lowest BCUT2D eigenvalue weighted by Crippen LogP contribution is -2.63. The van der Waals surface area contributed by atoms with E-state index >= 15 is 8.78 Å². The smallest absolute Gasteiger partial charge is 0.407 e. The fourth-order valence-electron chi connectivity index (χ4n) is 9.43. The van der Waals surface area contributed by atoms with E-state index in [9.17, 15) is 51.3 Å². The summed E-state index contributed by atoms with van der Waals surface area (Å²) >= 11 is 0. The van der Waals surface area contributed by atoms with Crippen molar-refractivity contribution in [2.75, 3.05) is 44.9 Å². The molecule has 0 radical (unpaired) electrons. The zero-order chi connectivity index (χ0) is 56.1. The number of piperazine rings is 1. The Morgan fingerprint density at radius 1 is 0.857 bits per heavy atom. The quantitative estimate of drug-likeness (QED) is 0.0418. The lowest BCUT2D eigenvalue weighted by molar-refractivity contribution is -0.220. The number of hydrogen-bond donors (Lipinski definition) is 6. The van der Waals surface area contributed by atoms with Gasteiger partial charge in [-0.2, -0.15) is 22.0 Å². The van der Waals surface area contributed by atoms with Gasteiger partial charge in [-0.25, -0.2) is 38.3 Å². The summed E-state index contributed by atoms with van der Waals surface area (Å²) < 4.78 is 112. The third kappa shape index (κ3) is 13.9. The summed E-state index contributed by atoms with van der Waals surface area (Å²) in [5.74, 6) is 1.60. The van der Waals surface area contributed by atoms with Crippen molar-refractivity contribution in [3.05, 3.63) is 95.2 Å². The maximum Gasteiger partial charge on any atom is 0.407 e. The number of benzene rings is 2. The van der Waals surface area contributed by atoms with Gasteiger partial charge >= 0.3 is 24.9 Å². The number of alkyl halides is 5. The van der Waals surface area contributed by atoms with E-state index in [4.69, 9.17) is 4.74 Å². The van der Waals surface area contributed by atoms with Crippen LogP contribution in [-0.4, -0.2) is 152 Å². The Morgan fingerprint density at radius 2 is 1.47 bits per heavy atom. The number of rotatable bonds is 18. The number of amides is 4. The van der Waals surface area contributed by atoms with Gasteiger partial charge in [0.2, 0.25) is 11.9 Å². The zero-order valence-electron chi connectivity index (χ0n) is 42.9. The van der Waals surface area contributed by atoms with Gasteiger partial charge in [0.15, 0.2) is 0 Å². The van der Waals surface area contributed by atoms with Gasteiger partial charge in [-0.15, -0.1) is 0 Å². The van der Waals surface area contributed by atoms with Gasteiger partial charge in [0.1, 0.15) is 23.7 Å². The van der Waals surface area contributed by atoms with Crippen LogP contribution >= 0.6 is 0 Å². The second-order valence-corrected chi connectivity index (χ2v) is 20.8. The molecule has 416 valence electrons. The predicted molar refractivity (Wildman–Crippen MR) is 263 cm³/mol. The first-order valence-electron chi connectivity index (χ1n) is 24.5. The second kappa shape index (κ2) is 23.7. The monoisotopic (exact) mass is 1090 g/mol. The number of fused-ring (bicyclic) bond motifs is 2. The van der Waals surface area contributed by atoms with Crippen LogP contribution in [0.3, 0.4) is 0 Å². The van der Waals surface area contributed by atoms with Gasteiger partial charge in [0.05, 0.1) is 61.5 Å². The Morgan fingerprint density at radius 3 is 1.99 bits per heavy atom. The number of carboxylic acid groups (broad SMARTS) is 1. The Kier molecular flexibility index (Phi) is 17.7. The molecule has 3 saturated heterocycles. The Bertz CT molecular complexity index is 2780. The minimum absolute atomic E-state index is 0.221. The van der Waals surface area contributed by atoms with E-state index in [2.05, 4.69) is 57.4 Å². The molecule has 2 bridgehead atoms. The van der Waals surface area contributed by atoms with Crippen LogP contribution in [0.15, 0.2) is 61.3 Å². The molecule has 77 heavy (non-hydrogen) atoms. The molecule has 2 unspecified atom stereocenters. The van der Waals surface area contributed by atoms with E-state index in [0.717, 1.165) is 75.9 Å². The third-order valence-corrected chi connectivity index (χ3v) is 13.9. The standard InChI is InChI=1S/C51H60F7N11O8/c1-49(2,3)41(63-47(73)74)44(72)65-68(22-35-36(52)16-31(17-37(35)53)39-23-67(27-61-39)45(54)55)24-40(70)38(62-43(71)42(64-48(75)76-6)50(4,5)51(56,57)58)15-29-10-7-28(8-11-29)9-12-30-18-59-46(60-19-30)66-20-32-13-14-33(21-66)69(32)34-25-77-26-34/h7-8,10-11,16-19,23,27,32-34,38,40-42,45,63,70H,13-15,20-22,24-26H2,1-6H3,(H,62,71)(H,64,75)(H,65,72)(H,73,74)/t32?,33?,38-,40-,41+,42+/m0/s1. The van der Waals surface area contributed by atoms with Crippen molar-refractivity contribution < 1.29 is 69.6 Å². The molecule has 6 N–H and O–H groups in total. The number of hydrogen-bond acceptors (Lipinski definition) is 13.